The number of fused-ring (bicyclic) bond motifs is 1. The van der Waals surface area contributed by atoms with Crippen molar-refractivity contribution in [2.24, 2.45) is 5.41 Å². The molecule has 3 N–H and O–H groups in total. The molecule has 3 heteroatoms. The largest absolute Gasteiger partial charge is 0.398 e. The second kappa shape index (κ2) is 4.84. The third kappa shape index (κ3) is 2.55. The van der Waals surface area contributed by atoms with Gasteiger partial charge in [0.2, 0.25) is 0 Å². The Kier molecular flexibility index (Phi) is 3.41. The van der Waals surface area contributed by atoms with Gasteiger partial charge in [-0.3, -0.25) is 4.98 Å². The van der Waals surface area contributed by atoms with E-state index in [1.54, 1.807) is 6.20 Å². The van der Waals surface area contributed by atoms with Crippen molar-refractivity contribution in [3.05, 3.63) is 30.5 Å². The number of benzene rings is 1. The standard InChI is InChI=1S/C15H21N3/c1-4-15(2,3)10-18-13-8-7-12(16)11-6-5-9-17-14(11)13/h5-9,18H,4,10,16H2,1-3H3. The smallest absolute Gasteiger partial charge is 0.0953 e. The summed E-state index contributed by atoms with van der Waals surface area (Å²) in [7, 11) is 0. The average Bonchev–Trinajstić information content (AvgIpc) is 2.38. The summed E-state index contributed by atoms with van der Waals surface area (Å²) >= 11 is 0. The first kappa shape index (κ1) is 12.7. The maximum absolute atomic E-state index is 5.97. The van der Waals surface area contributed by atoms with Crippen molar-refractivity contribution in [3.8, 4) is 0 Å². The van der Waals surface area contributed by atoms with Crippen molar-refractivity contribution >= 4 is 22.3 Å². The van der Waals surface area contributed by atoms with Crippen LogP contribution in [0.1, 0.15) is 27.2 Å². The molecule has 0 spiro atoms. The van der Waals surface area contributed by atoms with Gasteiger partial charge in [0.15, 0.2) is 0 Å². The summed E-state index contributed by atoms with van der Waals surface area (Å²) in [6.45, 7) is 7.65. The van der Waals surface area contributed by atoms with Crippen LogP contribution in [0, 0.1) is 5.41 Å². The topological polar surface area (TPSA) is 50.9 Å². The van der Waals surface area contributed by atoms with E-state index < -0.39 is 0 Å². The molecule has 0 unspecified atom stereocenters. The zero-order chi connectivity index (χ0) is 13.2. The molecule has 1 aromatic heterocycles. The van der Waals surface area contributed by atoms with E-state index in [1.165, 1.54) is 0 Å². The number of aromatic nitrogens is 1. The molecule has 0 fully saturated rings. The van der Waals surface area contributed by atoms with E-state index >= 15 is 0 Å². The zero-order valence-corrected chi connectivity index (χ0v) is 11.3. The molecule has 0 saturated heterocycles. The number of hydrogen-bond acceptors (Lipinski definition) is 3. The van der Waals surface area contributed by atoms with E-state index in [9.17, 15) is 0 Å². The normalized spacial score (nSPS) is 11.7. The molecule has 0 aliphatic heterocycles. The van der Waals surface area contributed by atoms with Crippen molar-refractivity contribution in [1.82, 2.24) is 4.98 Å². The van der Waals surface area contributed by atoms with Gasteiger partial charge in [-0.05, 0) is 36.1 Å². The lowest BCUT2D eigenvalue weighted by atomic mass is 9.90. The van der Waals surface area contributed by atoms with Gasteiger partial charge in [-0.2, -0.15) is 0 Å². The van der Waals surface area contributed by atoms with E-state index in [4.69, 9.17) is 5.73 Å². The Hall–Kier alpha value is -1.77. The van der Waals surface area contributed by atoms with E-state index in [0.29, 0.717) is 0 Å². The number of rotatable bonds is 4. The van der Waals surface area contributed by atoms with Crippen molar-refractivity contribution in [2.45, 2.75) is 27.2 Å². The second-order valence-electron chi connectivity index (χ2n) is 5.47. The number of hydrogen-bond donors (Lipinski definition) is 2. The Morgan fingerprint density at radius 1 is 1.28 bits per heavy atom. The van der Waals surface area contributed by atoms with Gasteiger partial charge < -0.3 is 11.1 Å². The molecule has 1 aromatic carbocycles. The van der Waals surface area contributed by atoms with Crippen LogP contribution in [0.15, 0.2) is 30.5 Å². The Morgan fingerprint density at radius 3 is 2.78 bits per heavy atom. The second-order valence-corrected chi connectivity index (χ2v) is 5.47. The lowest BCUT2D eigenvalue weighted by molar-refractivity contribution is 0.377. The molecule has 1 heterocycles. The maximum atomic E-state index is 5.97. The summed E-state index contributed by atoms with van der Waals surface area (Å²) in [5.41, 5.74) is 9.03. The Balaban J connectivity index is 2.32. The molecule has 2 aromatic rings. The molecule has 0 bridgehead atoms. The van der Waals surface area contributed by atoms with Gasteiger partial charge in [-0.15, -0.1) is 0 Å². The Bertz CT molecular complexity index is 546. The van der Waals surface area contributed by atoms with Gasteiger partial charge in [0.25, 0.3) is 0 Å². The van der Waals surface area contributed by atoms with Crippen molar-refractivity contribution in [3.63, 3.8) is 0 Å². The molecular weight excluding hydrogens is 222 g/mol. The highest BCUT2D eigenvalue weighted by Gasteiger charge is 2.15. The first-order chi connectivity index (χ1) is 8.53. The summed E-state index contributed by atoms with van der Waals surface area (Å²) in [4.78, 5) is 4.43. The monoisotopic (exact) mass is 243 g/mol. The molecule has 0 aliphatic rings. The molecule has 0 radical (unpaired) electrons. The Morgan fingerprint density at radius 2 is 2.06 bits per heavy atom. The van der Waals surface area contributed by atoms with Gasteiger partial charge in [0.1, 0.15) is 0 Å². The van der Waals surface area contributed by atoms with E-state index in [2.05, 4.69) is 31.1 Å². The quantitative estimate of drug-likeness (QED) is 0.806. The van der Waals surface area contributed by atoms with Gasteiger partial charge >= 0.3 is 0 Å². The number of anilines is 2. The SMILES string of the molecule is CCC(C)(C)CNc1ccc(N)c2cccnc12. The number of nitrogens with zero attached hydrogens (tertiary/aromatic N) is 1. The summed E-state index contributed by atoms with van der Waals surface area (Å²) in [5, 5.41) is 4.50. The number of nitrogen functional groups attached to an aromatic ring is 1. The van der Waals surface area contributed by atoms with E-state index in [0.717, 1.165) is 35.2 Å². The summed E-state index contributed by atoms with van der Waals surface area (Å²) in [6.07, 6.45) is 2.94. The molecule has 0 amide bonds. The molecule has 18 heavy (non-hydrogen) atoms. The Labute approximate surface area is 108 Å². The first-order valence-corrected chi connectivity index (χ1v) is 6.40. The van der Waals surface area contributed by atoms with E-state index in [1.807, 2.05) is 24.3 Å². The minimum atomic E-state index is 0.280. The van der Waals surface area contributed by atoms with Crippen LogP contribution in [0.5, 0.6) is 0 Å². The van der Waals surface area contributed by atoms with Crippen LogP contribution < -0.4 is 11.1 Å². The van der Waals surface area contributed by atoms with Crippen LogP contribution in [0.2, 0.25) is 0 Å². The fourth-order valence-electron chi connectivity index (χ4n) is 1.80. The molecule has 0 aliphatic carbocycles. The minimum absolute atomic E-state index is 0.280. The number of pyridine rings is 1. The first-order valence-electron chi connectivity index (χ1n) is 6.40. The number of nitrogens with two attached hydrogens (primary N) is 1. The average molecular weight is 243 g/mol. The molecule has 3 nitrogen and oxygen atoms in total. The van der Waals surface area contributed by atoms with Crippen LogP contribution in [-0.4, -0.2) is 11.5 Å². The van der Waals surface area contributed by atoms with Crippen LogP contribution in [-0.2, 0) is 0 Å². The molecule has 0 saturated carbocycles. The van der Waals surface area contributed by atoms with Gasteiger partial charge in [0, 0.05) is 23.8 Å². The molecule has 2 rings (SSSR count). The van der Waals surface area contributed by atoms with Crippen molar-refractivity contribution in [1.29, 1.82) is 0 Å². The highest BCUT2D eigenvalue weighted by molar-refractivity contribution is 5.98. The number of nitrogens with one attached hydrogen (secondary N) is 1. The predicted molar refractivity (Wildman–Crippen MR) is 78.7 cm³/mol. The lowest BCUT2D eigenvalue weighted by Crippen LogP contribution is -2.22. The predicted octanol–water partition coefficient (Wildman–Crippen LogP) is 3.67. The van der Waals surface area contributed by atoms with Crippen molar-refractivity contribution in [2.75, 3.05) is 17.6 Å². The fourth-order valence-corrected chi connectivity index (χ4v) is 1.80. The van der Waals surface area contributed by atoms with E-state index in [-0.39, 0.29) is 5.41 Å². The summed E-state index contributed by atoms with van der Waals surface area (Å²) in [6, 6.07) is 7.87. The van der Waals surface area contributed by atoms with Crippen LogP contribution >= 0.6 is 0 Å². The third-order valence-electron chi connectivity index (χ3n) is 3.52. The molecule has 96 valence electrons. The van der Waals surface area contributed by atoms with Crippen LogP contribution in [0.3, 0.4) is 0 Å². The van der Waals surface area contributed by atoms with Crippen molar-refractivity contribution < 1.29 is 0 Å². The van der Waals surface area contributed by atoms with Crippen LogP contribution in [0.4, 0.5) is 11.4 Å². The highest BCUT2D eigenvalue weighted by Crippen LogP contribution is 2.28. The summed E-state index contributed by atoms with van der Waals surface area (Å²) < 4.78 is 0. The molecular formula is C15H21N3. The zero-order valence-electron chi connectivity index (χ0n) is 11.3. The van der Waals surface area contributed by atoms with Gasteiger partial charge in [-0.1, -0.05) is 20.8 Å². The van der Waals surface area contributed by atoms with Gasteiger partial charge in [-0.25, -0.2) is 0 Å². The molecule has 0 atom stereocenters. The van der Waals surface area contributed by atoms with Crippen LogP contribution in [0.25, 0.3) is 10.9 Å². The van der Waals surface area contributed by atoms with Gasteiger partial charge in [0.05, 0.1) is 11.2 Å². The highest BCUT2D eigenvalue weighted by atomic mass is 14.9. The summed E-state index contributed by atoms with van der Waals surface area (Å²) in [5.74, 6) is 0. The lowest BCUT2D eigenvalue weighted by Gasteiger charge is -2.24. The third-order valence-corrected chi connectivity index (χ3v) is 3.52. The minimum Gasteiger partial charge on any atom is -0.398 e. The maximum Gasteiger partial charge on any atom is 0.0953 e. The fraction of sp³-hybridized carbons (Fsp3) is 0.400.